The van der Waals surface area contributed by atoms with E-state index < -0.39 is 53.7 Å². The van der Waals surface area contributed by atoms with Crippen LogP contribution >= 0.6 is 21.6 Å². The van der Waals surface area contributed by atoms with E-state index in [0.29, 0.717) is 68.8 Å². The number of benzene rings is 2. The summed E-state index contributed by atoms with van der Waals surface area (Å²) in [5, 5.41) is 86.4. The topological polar surface area (TPSA) is 205 Å². The molecule has 3 heterocycles. The molecule has 11 N–H and O–H groups in total. The van der Waals surface area contributed by atoms with E-state index in [1.54, 1.807) is 27.7 Å². The summed E-state index contributed by atoms with van der Waals surface area (Å²) in [7, 11) is 3.25. The van der Waals surface area contributed by atoms with Crippen molar-refractivity contribution in [2.75, 3.05) is 31.3 Å². The van der Waals surface area contributed by atoms with Gasteiger partial charge >= 0.3 is 0 Å². The second-order valence-corrected chi connectivity index (χ2v) is 25.1. The number of H-pyrrole nitrogens is 1. The van der Waals surface area contributed by atoms with Crippen LogP contribution in [-0.4, -0.2) is 103 Å². The maximum Gasteiger partial charge on any atom is 0.161 e. The molecule has 13 heteroatoms. The molecule has 5 aliphatic carbocycles. The molecule has 2 aromatic carbocycles. The fourth-order valence-electron chi connectivity index (χ4n) is 14.9. The highest BCUT2D eigenvalue weighted by Gasteiger charge is 2.57. The number of phenols is 1. The van der Waals surface area contributed by atoms with Crippen molar-refractivity contribution in [2.45, 2.75) is 139 Å². The third-order valence-corrected chi connectivity index (χ3v) is 20.9. The highest BCUT2D eigenvalue weighted by molar-refractivity contribution is 8.76. The van der Waals surface area contributed by atoms with Crippen molar-refractivity contribution in [3.63, 3.8) is 0 Å². The third kappa shape index (κ3) is 10.3. The number of dihydropyridines is 1. The molecule has 3 aromatic rings. The molecule has 2 spiro atoms. The maximum atomic E-state index is 12.6. The SMILES string of the molecule is CC[C@H]1Cc2cc(O)c(O[C@H]3C[C@@H](Cc4ccc[nH]4)C4=CCNC(N)=C4CSSC[C@H](CO)[C@@H]3O)cc2[C@H]2C[C@@H](O)[C@@H]3[C@@H](C#C[C@@]4(C[C@@H](O)CC[C@@H]3O)C[C@H](c3ccccc3)CC3(CCCC3)[C@H]4CO)C=C12. The Morgan fingerprint density at radius 3 is 2.47 bits per heavy atom. The van der Waals surface area contributed by atoms with Crippen molar-refractivity contribution in [3.8, 4) is 23.3 Å². The lowest BCUT2D eigenvalue weighted by atomic mass is 9.49. The number of phenolic OH excluding ortho intramolecular Hbond substituents is 1. The molecule has 3 fully saturated rings. The lowest BCUT2D eigenvalue weighted by Crippen LogP contribution is -2.50. The second kappa shape index (κ2) is 22.2. The van der Waals surface area contributed by atoms with Gasteiger partial charge in [0.25, 0.3) is 0 Å². The Labute approximate surface area is 434 Å². The summed E-state index contributed by atoms with van der Waals surface area (Å²) in [4.78, 5) is 3.37. The van der Waals surface area contributed by atoms with E-state index in [4.69, 9.17) is 10.5 Å². The number of nitrogens with one attached hydrogen (secondary N) is 2. The van der Waals surface area contributed by atoms with Crippen LogP contribution in [0.3, 0.4) is 0 Å². The predicted molar refractivity (Wildman–Crippen MR) is 286 cm³/mol. The number of hydrogen-bond donors (Lipinski definition) is 10. The Morgan fingerprint density at radius 2 is 1.72 bits per heavy atom. The zero-order valence-electron chi connectivity index (χ0n) is 41.8. The van der Waals surface area contributed by atoms with Crippen molar-refractivity contribution < 1.29 is 40.5 Å². The average molecular weight is 1020 g/mol. The van der Waals surface area contributed by atoms with Crippen LogP contribution in [0.2, 0.25) is 0 Å². The van der Waals surface area contributed by atoms with Gasteiger partial charge in [-0.3, -0.25) is 0 Å². The summed E-state index contributed by atoms with van der Waals surface area (Å²) in [6, 6.07) is 18.5. The van der Waals surface area contributed by atoms with Gasteiger partial charge in [-0.1, -0.05) is 101 Å². The summed E-state index contributed by atoms with van der Waals surface area (Å²) < 4.78 is 6.95. The van der Waals surface area contributed by atoms with Gasteiger partial charge in [-0.05, 0) is 147 Å². The molecule has 72 heavy (non-hydrogen) atoms. The standard InChI is InChI=1S/C59H77N3O8S2/c1-2-35-21-38-24-50(67)52(70-53-25-39(22-42-11-8-19-61-42)44-15-20-62-57(60)48(44)34-72-71-33-41(31-63)56(53)69)27-46(38)47-26-51(68)55-37(23-45(35)47)14-18-59(30-43(65)12-13-49(55)66)29-40(36-9-4-3-5-10-36)28-58(54(59)32-64)16-6-7-17-58/h3-5,8-11,15,19,23-24,27,35,37,39-41,43,47,49,51,53-56,61-69H,2,6-7,12-13,16-17,20-22,25-26,28-34,60H2,1H3/t35-,37-,39+,40+,41-,43-,47-,49-,51+,53-,54+,55+,56-,59-/m0/s1. The predicted octanol–water partition coefficient (Wildman–Crippen LogP) is 8.01. The molecule has 10 rings (SSSR count). The lowest BCUT2D eigenvalue weighted by Gasteiger charge is -2.55. The quantitative estimate of drug-likeness (QED) is 0.0593. The second-order valence-electron chi connectivity index (χ2n) is 22.6. The minimum Gasteiger partial charge on any atom is -0.504 e. The Morgan fingerprint density at radius 1 is 0.903 bits per heavy atom. The van der Waals surface area contributed by atoms with Gasteiger partial charge in [0.15, 0.2) is 11.5 Å². The van der Waals surface area contributed by atoms with Crippen LogP contribution in [0.25, 0.3) is 0 Å². The van der Waals surface area contributed by atoms with Crippen LogP contribution in [0.5, 0.6) is 11.5 Å². The van der Waals surface area contributed by atoms with Crippen LogP contribution in [-0.2, 0) is 12.8 Å². The number of ether oxygens (including phenoxy) is 1. The van der Waals surface area contributed by atoms with E-state index in [0.717, 1.165) is 72.9 Å². The van der Waals surface area contributed by atoms with Crippen LogP contribution in [0.15, 0.2) is 95.5 Å². The van der Waals surface area contributed by atoms with Gasteiger partial charge in [-0.25, -0.2) is 0 Å². The molecule has 0 unspecified atom stereocenters. The molecule has 2 aliphatic heterocycles. The average Bonchev–Trinajstić information content (AvgIpc) is 4.04. The lowest BCUT2D eigenvalue weighted by molar-refractivity contribution is -0.0652. The van der Waals surface area contributed by atoms with Gasteiger partial charge in [-0.2, -0.15) is 0 Å². The number of nitrogens with two attached hydrogens (primary N) is 1. The summed E-state index contributed by atoms with van der Waals surface area (Å²) in [6.45, 7) is 2.53. The first-order valence-corrected chi connectivity index (χ1v) is 29.5. The Kier molecular flexibility index (Phi) is 15.9. The van der Waals surface area contributed by atoms with Crippen molar-refractivity contribution in [1.82, 2.24) is 10.3 Å². The maximum absolute atomic E-state index is 12.6. The highest BCUT2D eigenvalue weighted by atomic mass is 33.1. The summed E-state index contributed by atoms with van der Waals surface area (Å²) >= 11 is 0. The normalized spacial score (nSPS) is 35.9. The molecular weight excluding hydrogens is 943 g/mol. The van der Waals surface area contributed by atoms with E-state index in [9.17, 15) is 35.7 Å². The molecule has 0 radical (unpaired) electrons. The highest BCUT2D eigenvalue weighted by Crippen LogP contribution is 2.64. The number of aromatic nitrogens is 1. The van der Waals surface area contributed by atoms with Gasteiger partial charge in [0.05, 0.1) is 24.4 Å². The van der Waals surface area contributed by atoms with Gasteiger partial charge in [0, 0.05) is 83.7 Å². The molecule has 0 amide bonds. The third-order valence-electron chi connectivity index (χ3n) is 18.5. The molecule has 2 saturated carbocycles. The summed E-state index contributed by atoms with van der Waals surface area (Å²) in [5.41, 5.74) is 13.4. The van der Waals surface area contributed by atoms with E-state index in [1.165, 1.54) is 11.1 Å². The first-order valence-electron chi connectivity index (χ1n) is 27.0. The van der Waals surface area contributed by atoms with Crippen LogP contribution in [0.1, 0.15) is 118 Å². The fraction of sp³-hybridized carbons (Fsp3) is 0.593. The number of allylic oxidation sites excluding steroid dienone is 3. The van der Waals surface area contributed by atoms with Crippen molar-refractivity contribution in [2.24, 2.45) is 52.1 Å². The number of aliphatic hydroxyl groups is 6. The minimum atomic E-state index is -1.07. The number of aliphatic hydroxyl groups excluding tert-OH is 6. The van der Waals surface area contributed by atoms with Crippen LogP contribution < -0.4 is 15.8 Å². The van der Waals surface area contributed by atoms with Crippen LogP contribution in [0, 0.1) is 58.2 Å². The smallest absolute Gasteiger partial charge is 0.161 e. The molecule has 1 aromatic heterocycles. The first-order chi connectivity index (χ1) is 34.9. The molecule has 7 aliphatic rings. The number of rotatable bonds is 8. The zero-order chi connectivity index (χ0) is 50.1. The molecule has 0 bridgehead atoms. The van der Waals surface area contributed by atoms with Crippen molar-refractivity contribution in [3.05, 3.63) is 118 Å². The van der Waals surface area contributed by atoms with Gasteiger partial charge in [0.2, 0.25) is 0 Å². The van der Waals surface area contributed by atoms with Crippen molar-refractivity contribution in [1.29, 1.82) is 0 Å². The van der Waals surface area contributed by atoms with E-state index in [-0.39, 0.29) is 59.7 Å². The van der Waals surface area contributed by atoms with E-state index >= 15 is 0 Å². The van der Waals surface area contributed by atoms with Crippen molar-refractivity contribution >= 4 is 21.6 Å². The van der Waals surface area contributed by atoms with E-state index in [2.05, 4.69) is 77.6 Å². The van der Waals surface area contributed by atoms with Gasteiger partial charge in [-0.15, -0.1) is 0 Å². The monoisotopic (exact) mass is 1020 g/mol. The van der Waals surface area contributed by atoms with Gasteiger partial charge in [0.1, 0.15) is 11.9 Å². The number of aromatic hydroxyl groups is 1. The summed E-state index contributed by atoms with van der Waals surface area (Å²) in [5.74, 6) is 7.89. The van der Waals surface area contributed by atoms with E-state index in [1.807, 2.05) is 18.3 Å². The largest absolute Gasteiger partial charge is 0.504 e. The molecule has 11 nitrogen and oxygen atoms in total. The Bertz CT molecular complexity index is 2520. The van der Waals surface area contributed by atoms with Gasteiger partial charge < -0.3 is 56.5 Å². The zero-order valence-corrected chi connectivity index (χ0v) is 43.4. The molecule has 388 valence electrons. The Balaban J connectivity index is 1.04. The molecular formula is C59H77N3O8S2. The summed E-state index contributed by atoms with van der Waals surface area (Å²) in [6.07, 6.45) is 11.9. The number of hydrogen-bond acceptors (Lipinski definition) is 12. The molecule has 14 atom stereocenters. The number of fused-ring (bicyclic) bond motifs is 5. The molecule has 1 saturated heterocycles. The Hall–Kier alpha value is -3.84. The number of aromatic amines is 1. The van der Waals surface area contributed by atoms with Crippen LogP contribution in [0.4, 0.5) is 0 Å². The first kappa shape index (κ1) is 51.6. The fourth-order valence-corrected chi connectivity index (χ4v) is 17.4. The minimum absolute atomic E-state index is 0.00340.